The fourth-order valence-electron chi connectivity index (χ4n) is 0.360. The average Bonchev–Trinajstić information content (AvgIpc) is 1.99. The minimum atomic E-state index is 0. The van der Waals surface area contributed by atoms with Gasteiger partial charge in [0.25, 0.3) is 0 Å². The normalized spacial score (nSPS) is 11.0. The van der Waals surface area contributed by atoms with Crippen molar-refractivity contribution in [2.24, 2.45) is 0 Å². The summed E-state index contributed by atoms with van der Waals surface area (Å²) in [7, 11) is 3.71. The van der Waals surface area contributed by atoms with E-state index < -0.39 is 0 Å². The van der Waals surface area contributed by atoms with Gasteiger partial charge in [-0.2, -0.15) is 0 Å². The van der Waals surface area contributed by atoms with Gasteiger partial charge in [-0.05, 0) is 27.2 Å². The van der Waals surface area contributed by atoms with Gasteiger partial charge in [-0.25, -0.2) is 0 Å². The summed E-state index contributed by atoms with van der Waals surface area (Å²) in [5.41, 5.74) is 0. The Kier molecular flexibility index (Phi) is 10.4. The number of hydrogen-bond donors (Lipinski definition) is 0. The molecule has 0 aliphatic carbocycles. The smallest absolute Gasteiger partial charge is 0.102 e. The van der Waals surface area contributed by atoms with E-state index in [1.54, 1.807) is 10.8 Å². The van der Waals surface area contributed by atoms with E-state index in [0.717, 1.165) is 12.5 Å². The maximum Gasteiger partial charge on any atom is 0.102 e. The van der Waals surface area contributed by atoms with Crippen molar-refractivity contribution in [3.8, 4) is 0 Å². The van der Waals surface area contributed by atoms with E-state index in [9.17, 15) is 0 Å². The number of ether oxygens (including phenoxy) is 1. The van der Waals surface area contributed by atoms with Crippen LogP contribution in [0.3, 0.4) is 0 Å². The molecule has 0 aromatic rings. The first kappa shape index (κ1) is 15.1. The molecule has 0 aliphatic rings. The second-order valence-corrected chi connectivity index (χ2v) is 5.88. The third-order valence-electron chi connectivity index (χ3n) is 1.47. The topological polar surface area (TPSA) is 9.23 Å². The molecule has 76 valence electrons. The van der Waals surface area contributed by atoms with Gasteiger partial charge >= 0.3 is 0 Å². The fraction of sp³-hybridized carbons (Fsp3) is 1.00. The Hall–Kier alpha value is 0.660. The molecule has 0 heterocycles. The molecule has 0 saturated heterocycles. The minimum absolute atomic E-state index is 0. The summed E-state index contributed by atoms with van der Waals surface area (Å²) in [5.74, 6) is 0.810. The molecule has 0 saturated carbocycles. The number of hydrogen-bond acceptors (Lipinski definition) is 3. The van der Waals surface area contributed by atoms with Gasteiger partial charge in [0, 0.05) is 11.4 Å². The summed E-state index contributed by atoms with van der Waals surface area (Å²) >= 11 is 0. The molecule has 3 heteroatoms. The first-order valence-electron chi connectivity index (χ1n) is 4.00. The van der Waals surface area contributed by atoms with Crippen LogP contribution in [0, 0.1) is 0 Å². The first-order chi connectivity index (χ1) is 5.12. The lowest BCUT2D eigenvalue weighted by atomic mass is 10.1. The highest BCUT2D eigenvalue weighted by atomic mass is 33.1. The van der Waals surface area contributed by atoms with E-state index in [4.69, 9.17) is 4.74 Å². The fourth-order valence-corrected chi connectivity index (χ4v) is 2.74. The van der Waals surface area contributed by atoms with Crippen LogP contribution in [-0.4, -0.2) is 17.3 Å². The van der Waals surface area contributed by atoms with E-state index in [1.807, 2.05) is 17.7 Å². The van der Waals surface area contributed by atoms with Crippen LogP contribution in [0.1, 0.15) is 41.5 Å². The monoisotopic (exact) mass is 210 g/mol. The Morgan fingerprint density at radius 2 is 1.83 bits per heavy atom. The summed E-state index contributed by atoms with van der Waals surface area (Å²) < 4.78 is 5.61. The summed E-state index contributed by atoms with van der Waals surface area (Å²) in [5, 5.41) is 0. The van der Waals surface area contributed by atoms with Crippen molar-refractivity contribution < 1.29 is 4.74 Å². The Bertz CT molecular complexity index is 94.5. The highest BCUT2D eigenvalue weighted by Gasteiger charge is 2.15. The van der Waals surface area contributed by atoms with Crippen molar-refractivity contribution in [3.05, 3.63) is 0 Å². The first-order valence-corrected chi connectivity index (χ1v) is 6.32. The molecule has 0 spiro atoms. The Morgan fingerprint density at radius 3 is 2.25 bits per heavy atom. The highest BCUT2D eigenvalue weighted by Crippen LogP contribution is 2.37. The van der Waals surface area contributed by atoms with Crippen LogP contribution in [0.5, 0.6) is 0 Å². The largest absolute Gasteiger partial charge is 0.370 e. The van der Waals surface area contributed by atoms with Crippen molar-refractivity contribution in [2.45, 2.75) is 46.3 Å². The highest BCUT2D eigenvalue weighted by molar-refractivity contribution is 8.77. The second kappa shape index (κ2) is 8.27. The van der Waals surface area contributed by atoms with Crippen LogP contribution in [0.25, 0.3) is 0 Å². The van der Waals surface area contributed by atoms with Crippen LogP contribution in [0.15, 0.2) is 0 Å². The summed E-state index contributed by atoms with van der Waals surface area (Å²) in [6.45, 7) is 9.58. The predicted octanol–water partition coefficient (Wildman–Crippen LogP) is 4.19. The van der Waals surface area contributed by atoms with Gasteiger partial charge in [0.2, 0.25) is 0 Å². The van der Waals surface area contributed by atoms with E-state index >= 15 is 0 Å². The molecule has 1 nitrogen and oxygen atoms in total. The van der Waals surface area contributed by atoms with E-state index in [0.29, 0.717) is 4.75 Å². The van der Waals surface area contributed by atoms with Crippen LogP contribution >= 0.6 is 21.6 Å². The Balaban J connectivity index is 0. The third kappa shape index (κ3) is 8.75. The Labute approximate surface area is 85.4 Å². The molecule has 0 unspecified atom stereocenters. The molecular formula is C9H22OS2. The molecule has 12 heavy (non-hydrogen) atoms. The molecule has 0 fully saturated rings. The molecule has 0 aliphatic heterocycles. The SMILES string of the molecule is C.CCOCSSC(C)(C)CC. The maximum absolute atomic E-state index is 5.22. The molecule has 0 radical (unpaired) electrons. The van der Waals surface area contributed by atoms with Gasteiger partial charge in [-0.3, -0.25) is 0 Å². The lowest BCUT2D eigenvalue weighted by molar-refractivity contribution is 0.200. The molecule has 0 N–H and O–H groups in total. The lowest BCUT2D eigenvalue weighted by Crippen LogP contribution is -2.10. The van der Waals surface area contributed by atoms with Crippen molar-refractivity contribution >= 4 is 21.6 Å². The lowest BCUT2D eigenvalue weighted by Gasteiger charge is -2.20. The second-order valence-electron chi connectivity index (χ2n) is 2.93. The van der Waals surface area contributed by atoms with Gasteiger partial charge in [0.1, 0.15) is 5.94 Å². The molecular weight excluding hydrogens is 188 g/mol. The zero-order valence-corrected chi connectivity index (χ0v) is 9.48. The minimum Gasteiger partial charge on any atom is -0.370 e. The van der Waals surface area contributed by atoms with Gasteiger partial charge in [0.15, 0.2) is 0 Å². The maximum atomic E-state index is 5.22. The quantitative estimate of drug-likeness (QED) is 0.370. The van der Waals surface area contributed by atoms with Crippen LogP contribution in [0.4, 0.5) is 0 Å². The van der Waals surface area contributed by atoms with Crippen molar-refractivity contribution in [1.29, 1.82) is 0 Å². The van der Waals surface area contributed by atoms with E-state index in [2.05, 4.69) is 20.8 Å². The summed E-state index contributed by atoms with van der Waals surface area (Å²) in [6.07, 6.45) is 1.21. The number of rotatable bonds is 6. The zero-order chi connectivity index (χ0) is 8.74. The molecule has 0 rings (SSSR count). The van der Waals surface area contributed by atoms with Gasteiger partial charge < -0.3 is 4.74 Å². The van der Waals surface area contributed by atoms with E-state index in [1.165, 1.54) is 6.42 Å². The van der Waals surface area contributed by atoms with Gasteiger partial charge in [0.05, 0.1) is 0 Å². The standard InChI is InChI=1S/C8H18OS2.CH4/c1-5-8(3,4)11-10-7-9-6-2;/h5-7H2,1-4H3;1H4. The molecule has 0 amide bonds. The van der Waals surface area contributed by atoms with Crippen molar-refractivity contribution in [3.63, 3.8) is 0 Å². The predicted molar refractivity (Wildman–Crippen MR) is 62.8 cm³/mol. The summed E-state index contributed by atoms with van der Waals surface area (Å²) in [4.78, 5) is 0. The zero-order valence-electron chi connectivity index (χ0n) is 7.85. The molecule has 0 atom stereocenters. The van der Waals surface area contributed by atoms with Crippen LogP contribution < -0.4 is 0 Å². The molecule has 0 aromatic heterocycles. The van der Waals surface area contributed by atoms with E-state index in [-0.39, 0.29) is 7.43 Å². The van der Waals surface area contributed by atoms with Crippen LogP contribution in [0.2, 0.25) is 0 Å². The average molecular weight is 210 g/mol. The van der Waals surface area contributed by atoms with Crippen LogP contribution in [-0.2, 0) is 4.74 Å². The van der Waals surface area contributed by atoms with Gasteiger partial charge in [-0.1, -0.05) is 35.9 Å². The third-order valence-corrected chi connectivity index (χ3v) is 4.59. The molecule has 0 bridgehead atoms. The Morgan fingerprint density at radius 1 is 1.25 bits per heavy atom. The van der Waals surface area contributed by atoms with Gasteiger partial charge in [-0.15, -0.1) is 0 Å². The summed E-state index contributed by atoms with van der Waals surface area (Å²) in [6, 6.07) is 0. The molecule has 0 aromatic carbocycles. The van der Waals surface area contributed by atoms with Crippen molar-refractivity contribution in [2.75, 3.05) is 12.5 Å². The van der Waals surface area contributed by atoms with Crippen molar-refractivity contribution in [1.82, 2.24) is 0 Å².